The fourth-order valence-corrected chi connectivity index (χ4v) is 2.17. The van der Waals surface area contributed by atoms with E-state index in [1.54, 1.807) is 24.3 Å². The van der Waals surface area contributed by atoms with Gasteiger partial charge in [-0.3, -0.25) is 19.3 Å². The highest BCUT2D eigenvalue weighted by atomic mass is 35.5. The Morgan fingerprint density at radius 3 is 2.05 bits per heavy atom. The molecule has 0 saturated carbocycles. The van der Waals surface area contributed by atoms with Gasteiger partial charge in [0.15, 0.2) is 0 Å². The number of carbonyl (C=O) groups excluding carboxylic acids is 2. The van der Waals surface area contributed by atoms with Crippen LogP contribution < -0.4 is 0 Å². The smallest absolute Gasteiger partial charge is 0.303 e. The lowest BCUT2D eigenvalue weighted by molar-refractivity contribution is -0.137. The second-order valence-corrected chi connectivity index (χ2v) is 4.51. The zero-order chi connectivity index (χ0) is 13.8. The molecule has 0 bridgehead atoms. The van der Waals surface area contributed by atoms with Crippen molar-refractivity contribution in [2.45, 2.75) is 25.7 Å². The van der Waals surface area contributed by atoms with E-state index in [1.165, 1.54) is 4.90 Å². The maximum absolute atomic E-state index is 12.0. The maximum Gasteiger partial charge on any atom is 0.303 e. The normalized spacial score (nSPS) is 13.1. The summed E-state index contributed by atoms with van der Waals surface area (Å²) in [5, 5.41) is 8.51. The Kier molecular flexibility index (Phi) is 5.70. The Bertz CT molecular complexity index is 495. The molecule has 6 heteroatoms. The number of unbranched alkanes of at least 4 members (excludes halogenated alkanes) is 2. The summed E-state index contributed by atoms with van der Waals surface area (Å²) in [5.74, 6) is -1.32. The van der Waals surface area contributed by atoms with Crippen molar-refractivity contribution in [2.75, 3.05) is 6.54 Å². The van der Waals surface area contributed by atoms with Crippen molar-refractivity contribution in [3.63, 3.8) is 0 Å². The van der Waals surface area contributed by atoms with Gasteiger partial charge in [0, 0.05) is 13.0 Å². The molecule has 0 fully saturated rings. The number of amides is 2. The minimum atomic E-state index is -0.819. The van der Waals surface area contributed by atoms with Crippen LogP contribution in [0.3, 0.4) is 0 Å². The number of imide groups is 1. The molecule has 1 heterocycles. The van der Waals surface area contributed by atoms with Gasteiger partial charge in [-0.05, 0) is 25.0 Å². The molecule has 2 amide bonds. The summed E-state index contributed by atoms with van der Waals surface area (Å²) in [6.07, 6.45) is 2.03. The fraction of sp³-hybridized carbons (Fsp3) is 0.357. The van der Waals surface area contributed by atoms with Gasteiger partial charge in [0.1, 0.15) is 0 Å². The minimum Gasteiger partial charge on any atom is -0.481 e. The van der Waals surface area contributed by atoms with Gasteiger partial charge < -0.3 is 5.11 Å². The van der Waals surface area contributed by atoms with E-state index in [0.717, 1.165) is 0 Å². The summed E-state index contributed by atoms with van der Waals surface area (Å²) in [7, 11) is 0. The average molecular weight is 298 g/mol. The van der Waals surface area contributed by atoms with Gasteiger partial charge in [0.25, 0.3) is 11.8 Å². The summed E-state index contributed by atoms with van der Waals surface area (Å²) in [5.41, 5.74) is 0.913. The van der Waals surface area contributed by atoms with Crippen LogP contribution in [0.5, 0.6) is 0 Å². The van der Waals surface area contributed by atoms with Crippen LogP contribution in [0.2, 0.25) is 0 Å². The Hall–Kier alpha value is -1.88. The van der Waals surface area contributed by atoms with E-state index in [-0.39, 0.29) is 30.6 Å². The molecule has 1 aliphatic heterocycles. The zero-order valence-electron chi connectivity index (χ0n) is 10.9. The number of carbonyl (C=O) groups is 3. The Morgan fingerprint density at radius 2 is 1.55 bits per heavy atom. The van der Waals surface area contributed by atoms with E-state index in [9.17, 15) is 14.4 Å². The van der Waals surface area contributed by atoms with E-state index in [1.807, 2.05) is 0 Å². The number of aliphatic carboxylic acids is 1. The number of hydrogen-bond donors (Lipinski definition) is 1. The summed E-state index contributed by atoms with van der Waals surface area (Å²) in [6.45, 7) is 0.353. The summed E-state index contributed by atoms with van der Waals surface area (Å²) < 4.78 is 0. The molecule has 0 aliphatic carbocycles. The number of fused-ring (bicyclic) bond motifs is 1. The second kappa shape index (κ2) is 7.05. The first-order valence-corrected chi connectivity index (χ1v) is 6.28. The van der Waals surface area contributed by atoms with Crippen molar-refractivity contribution in [3.8, 4) is 0 Å². The van der Waals surface area contributed by atoms with Crippen molar-refractivity contribution in [1.82, 2.24) is 4.90 Å². The third-order valence-electron chi connectivity index (χ3n) is 3.15. The highest BCUT2D eigenvalue weighted by molar-refractivity contribution is 6.21. The number of benzene rings is 1. The number of carboxylic acid groups (broad SMARTS) is 1. The van der Waals surface area contributed by atoms with Crippen LogP contribution >= 0.6 is 12.4 Å². The topological polar surface area (TPSA) is 74.7 Å². The maximum atomic E-state index is 12.0. The number of hydrogen-bond acceptors (Lipinski definition) is 3. The first-order valence-electron chi connectivity index (χ1n) is 6.28. The van der Waals surface area contributed by atoms with Gasteiger partial charge in [-0.2, -0.15) is 0 Å². The quantitative estimate of drug-likeness (QED) is 0.646. The molecule has 1 aromatic carbocycles. The van der Waals surface area contributed by atoms with Crippen molar-refractivity contribution >= 4 is 30.2 Å². The van der Waals surface area contributed by atoms with E-state index in [4.69, 9.17) is 5.11 Å². The van der Waals surface area contributed by atoms with Crippen molar-refractivity contribution < 1.29 is 19.5 Å². The molecule has 1 aliphatic rings. The van der Waals surface area contributed by atoms with Gasteiger partial charge in [-0.15, -0.1) is 12.4 Å². The standard InChI is InChI=1S/C14H15NO4.ClH/c16-12(17)8-2-1-5-9-15-13(18)10-6-3-4-7-11(10)14(15)19;/h3-4,6-7H,1-2,5,8-9H2,(H,16,17);1H. The summed E-state index contributed by atoms with van der Waals surface area (Å²) in [6, 6.07) is 6.78. The summed E-state index contributed by atoms with van der Waals surface area (Å²) >= 11 is 0. The molecule has 0 spiro atoms. The van der Waals surface area contributed by atoms with Crippen LogP contribution in [0.25, 0.3) is 0 Å². The molecular weight excluding hydrogens is 282 g/mol. The lowest BCUT2D eigenvalue weighted by Gasteiger charge is -2.13. The summed E-state index contributed by atoms with van der Waals surface area (Å²) in [4.78, 5) is 35.6. The molecule has 1 aromatic rings. The van der Waals surface area contributed by atoms with Crippen molar-refractivity contribution in [2.24, 2.45) is 0 Å². The van der Waals surface area contributed by atoms with Gasteiger partial charge >= 0.3 is 5.97 Å². The van der Waals surface area contributed by atoms with Crippen LogP contribution in [0.1, 0.15) is 46.4 Å². The molecule has 0 unspecified atom stereocenters. The average Bonchev–Trinajstić information content (AvgIpc) is 2.63. The van der Waals surface area contributed by atoms with Crippen molar-refractivity contribution in [1.29, 1.82) is 0 Å². The van der Waals surface area contributed by atoms with E-state index < -0.39 is 5.97 Å². The highest BCUT2D eigenvalue weighted by Crippen LogP contribution is 2.22. The first-order chi connectivity index (χ1) is 9.11. The highest BCUT2D eigenvalue weighted by Gasteiger charge is 2.34. The molecule has 108 valence electrons. The van der Waals surface area contributed by atoms with Crippen LogP contribution in [-0.2, 0) is 4.79 Å². The van der Waals surface area contributed by atoms with Crippen molar-refractivity contribution in [3.05, 3.63) is 35.4 Å². The third-order valence-corrected chi connectivity index (χ3v) is 3.15. The largest absolute Gasteiger partial charge is 0.481 e. The monoisotopic (exact) mass is 297 g/mol. The predicted octanol–water partition coefficient (Wildman–Crippen LogP) is 2.35. The number of nitrogens with zero attached hydrogens (tertiary/aromatic N) is 1. The van der Waals surface area contributed by atoms with Gasteiger partial charge in [-0.1, -0.05) is 18.6 Å². The molecule has 5 nitrogen and oxygen atoms in total. The Labute approximate surface area is 123 Å². The lowest BCUT2D eigenvalue weighted by atomic mass is 10.1. The number of rotatable bonds is 6. The van der Waals surface area contributed by atoms with Gasteiger partial charge in [-0.25, -0.2) is 0 Å². The molecule has 0 radical (unpaired) electrons. The van der Waals surface area contributed by atoms with Crippen LogP contribution in [-0.4, -0.2) is 34.3 Å². The fourth-order valence-electron chi connectivity index (χ4n) is 2.17. The zero-order valence-corrected chi connectivity index (χ0v) is 11.7. The molecule has 0 atom stereocenters. The third kappa shape index (κ3) is 3.36. The molecular formula is C14H16ClNO4. The SMILES string of the molecule is Cl.O=C(O)CCCCCN1C(=O)c2ccccc2C1=O. The van der Waals surface area contributed by atoms with Gasteiger partial charge in [0.2, 0.25) is 0 Å². The first kappa shape index (κ1) is 16.2. The second-order valence-electron chi connectivity index (χ2n) is 4.51. The van der Waals surface area contributed by atoms with Crippen LogP contribution in [0.4, 0.5) is 0 Å². The minimum absolute atomic E-state index is 0. The van der Waals surface area contributed by atoms with E-state index in [0.29, 0.717) is 36.9 Å². The van der Waals surface area contributed by atoms with Crippen LogP contribution in [0, 0.1) is 0 Å². The molecule has 0 saturated heterocycles. The van der Waals surface area contributed by atoms with Gasteiger partial charge in [0.05, 0.1) is 11.1 Å². The Balaban J connectivity index is 0.00000200. The molecule has 2 rings (SSSR count). The number of halogens is 1. The molecule has 1 N–H and O–H groups in total. The van der Waals surface area contributed by atoms with Crippen LogP contribution in [0.15, 0.2) is 24.3 Å². The molecule has 20 heavy (non-hydrogen) atoms. The molecule has 0 aromatic heterocycles. The Morgan fingerprint density at radius 1 is 1.00 bits per heavy atom. The predicted molar refractivity (Wildman–Crippen MR) is 75.2 cm³/mol. The van der Waals surface area contributed by atoms with E-state index in [2.05, 4.69) is 0 Å². The van der Waals surface area contributed by atoms with E-state index >= 15 is 0 Å². The lowest BCUT2D eigenvalue weighted by Crippen LogP contribution is -2.30. The number of carboxylic acids is 1.